The van der Waals surface area contributed by atoms with Crippen molar-refractivity contribution in [3.63, 3.8) is 0 Å². The topological polar surface area (TPSA) is 47.5 Å². The first kappa shape index (κ1) is 15.0. The monoisotopic (exact) mass is 335 g/mol. The molecule has 0 amide bonds. The molecule has 23 heavy (non-hydrogen) atoms. The molecule has 2 aliphatic heterocycles. The largest absolute Gasteiger partial charge is 0.347 e. The zero-order chi connectivity index (χ0) is 15.7. The van der Waals surface area contributed by atoms with E-state index in [1.807, 2.05) is 0 Å². The summed E-state index contributed by atoms with van der Waals surface area (Å²) in [6.07, 6.45) is 2.40. The van der Waals surface area contributed by atoms with Crippen molar-refractivity contribution in [3.05, 3.63) is 40.7 Å². The number of piperidine rings is 1. The van der Waals surface area contributed by atoms with E-state index < -0.39 is 0 Å². The minimum atomic E-state index is -0.363. The van der Waals surface area contributed by atoms with E-state index in [1.54, 1.807) is 23.5 Å². The lowest BCUT2D eigenvalue weighted by molar-refractivity contribution is -0.169. The molecule has 0 radical (unpaired) electrons. The van der Waals surface area contributed by atoms with Gasteiger partial charge in [0.2, 0.25) is 5.13 Å². The Balaban J connectivity index is 1.39. The van der Waals surface area contributed by atoms with Gasteiger partial charge < -0.3 is 14.4 Å². The molecule has 0 saturated carbocycles. The van der Waals surface area contributed by atoms with Gasteiger partial charge in [0, 0.05) is 32.4 Å². The molecule has 122 valence electrons. The second-order valence-electron chi connectivity index (χ2n) is 5.88. The fraction of sp³-hybridized carbons (Fsp3) is 0.500. The van der Waals surface area contributed by atoms with Crippen molar-refractivity contribution in [1.29, 1.82) is 0 Å². The van der Waals surface area contributed by atoms with E-state index in [2.05, 4.69) is 15.1 Å². The van der Waals surface area contributed by atoms with Crippen LogP contribution in [-0.2, 0) is 15.9 Å². The third kappa shape index (κ3) is 3.22. The first-order valence-electron chi connectivity index (χ1n) is 7.82. The molecule has 0 N–H and O–H groups in total. The second-order valence-corrected chi connectivity index (χ2v) is 6.92. The lowest BCUT2D eigenvalue weighted by Crippen LogP contribution is -2.45. The number of hydrogen-bond acceptors (Lipinski definition) is 6. The van der Waals surface area contributed by atoms with Crippen molar-refractivity contribution in [1.82, 2.24) is 10.2 Å². The van der Waals surface area contributed by atoms with Crippen LogP contribution < -0.4 is 4.90 Å². The lowest BCUT2D eigenvalue weighted by Gasteiger charge is -2.37. The van der Waals surface area contributed by atoms with Crippen molar-refractivity contribution >= 4 is 16.5 Å². The minimum absolute atomic E-state index is 0.217. The zero-order valence-electron chi connectivity index (χ0n) is 12.7. The van der Waals surface area contributed by atoms with Crippen LogP contribution in [0.2, 0.25) is 0 Å². The lowest BCUT2D eigenvalue weighted by atomic mass is 10.0. The van der Waals surface area contributed by atoms with Gasteiger partial charge in [0.25, 0.3) is 0 Å². The van der Waals surface area contributed by atoms with Crippen LogP contribution in [0.15, 0.2) is 24.3 Å². The van der Waals surface area contributed by atoms with E-state index in [0.29, 0.717) is 19.6 Å². The van der Waals surface area contributed by atoms with E-state index in [1.165, 1.54) is 12.1 Å². The molecule has 1 aromatic carbocycles. The number of hydrogen-bond donors (Lipinski definition) is 0. The summed E-state index contributed by atoms with van der Waals surface area (Å²) in [7, 11) is 0. The highest BCUT2D eigenvalue weighted by Crippen LogP contribution is 2.34. The molecular formula is C16H18FN3O2S. The minimum Gasteiger partial charge on any atom is -0.347 e. The van der Waals surface area contributed by atoms with Gasteiger partial charge in [-0.25, -0.2) is 4.39 Å². The third-order valence-corrected chi connectivity index (χ3v) is 5.32. The van der Waals surface area contributed by atoms with Gasteiger partial charge in [-0.15, -0.1) is 10.2 Å². The molecule has 3 heterocycles. The fourth-order valence-corrected chi connectivity index (χ4v) is 3.97. The summed E-state index contributed by atoms with van der Waals surface area (Å²) >= 11 is 1.60. The third-order valence-electron chi connectivity index (χ3n) is 4.33. The maximum Gasteiger partial charge on any atom is 0.208 e. The smallest absolute Gasteiger partial charge is 0.208 e. The number of ether oxygens (including phenoxy) is 2. The Morgan fingerprint density at radius 3 is 2.48 bits per heavy atom. The Hall–Kier alpha value is -1.57. The SMILES string of the molecule is Fc1ccc(Cc2nnc(N3CCC4(CC3)OCCO4)s2)cc1. The van der Waals surface area contributed by atoms with Crippen molar-refractivity contribution in [3.8, 4) is 0 Å². The molecule has 0 unspecified atom stereocenters. The number of aromatic nitrogens is 2. The van der Waals surface area contributed by atoms with Crippen molar-refractivity contribution in [2.24, 2.45) is 0 Å². The summed E-state index contributed by atoms with van der Waals surface area (Å²) in [6, 6.07) is 6.53. The average molecular weight is 335 g/mol. The second kappa shape index (κ2) is 6.14. The predicted molar refractivity (Wildman–Crippen MR) is 85.2 cm³/mol. The van der Waals surface area contributed by atoms with E-state index in [0.717, 1.165) is 41.6 Å². The summed E-state index contributed by atoms with van der Waals surface area (Å²) in [4.78, 5) is 2.24. The van der Waals surface area contributed by atoms with Gasteiger partial charge in [0.15, 0.2) is 5.79 Å². The number of benzene rings is 1. The average Bonchev–Trinajstić information content (AvgIpc) is 3.21. The van der Waals surface area contributed by atoms with Crippen molar-refractivity contribution in [2.45, 2.75) is 25.0 Å². The zero-order valence-corrected chi connectivity index (χ0v) is 13.5. The van der Waals surface area contributed by atoms with E-state index >= 15 is 0 Å². The number of halogens is 1. The quantitative estimate of drug-likeness (QED) is 0.863. The molecule has 2 fully saturated rings. The maximum absolute atomic E-state index is 12.9. The van der Waals surface area contributed by atoms with Crippen LogP contribution in [-0.4, -0.2) is 42.3 Å². The molecule has 2 saturated heterocycles. The molecule has 7 heteroatoms. The van der Waals surface area contributed by atoms with Gasteiger partial charge in [-0.3, -0.25) is 0 Å². The molecule has 1 aromatic heterocycles. The Labute approximate surface area is 138 Å². The maximum atomic E-state index is 12.9. The number of rotatable bonds is 3. The molecule has 0 bridgehead atoms. The Kier molecular flexibility index (Phi) is 4.00. The van der Waals surface area contributed by atoms with Crippen LogP contribution >= 0.6 is 11.3 Å². The van der Waals surface area contributed by atoms with Crippen LogP contribution in [0.1, 0.15) is 23.4 Å². The number of anilines is 1. The molecule has 1 spiro atoms. The summed E-state index contributed by atoms with van der Waals surface area (Å²) in [5.74, 6) is -0.580. The first-order chi connectivity index (χ1) is 11.2. The van der Waals surface area contributed by atoms with Gasteiger partial charge in [0.05, 0.1) is 13.2 Å². The van der Waals surface area contributed by atoms with Crippen LogP contribution in [0.25, 0.3) is 0 Å². The van der Waals surface area contributed by atoms with Gasteiger partial charge >= 0.3 is 0 Å². The summed E-state index contributed by atoms with van der Waals surface area (Å²) < 4.78 is 24.4. The fourth-order valence-electron chi connectivity index (χ4n) is 3.05. The van der Waals surface area contributed by atoms with Crippen LogP contribution in [0, 0.1) is 5.82 Å². The molecule has 4 rings (SSSR count). The molecule has 5 nitrogen and oxygen atoms in total. The summed E-state index contributed by atoms with van der Waals surface area (Å²) in [5.41, 5.74) is 1.04. The van der Waals surface area contributed by atoms with Crippen LogP contribution in [0.4, 0.5) is 9.52 Å². The standard InChI is InChI=1S/C16H18FN3O2S/c17-13-3-1-12(2-4-13)11-14-18-19-15(23-14)20-7-5-16(6-8-20)21-9-10-22-16/h1-4H,5-11H2. The van der Waals surface area contributed by atoms with E-state index in [9.17, 15) is 4.39 Å². The van der Waals surface area contributed by atoms with Crippen LogP contribution in [0.3, 0.4) is 0 Å². The van der Waals surface area contributed by atoms with Gasteiger partial charge in [-0.2, -0.15) is 0 Å². The summed E-state index contributed by atoms with van der Waals surface area (Å²) in [5, 5.41) is 10.5. The Bertz CT molecular complexity index is 660. The van der Waals surface area contributed by atoms with E-state index in [4.69, 9.17) is 9.47 Å². The highest BCUT2D eigenvalue weighted by atomic mass is 32.1. The summed E-state index contributed by atoms with van der Waals surface area (Å²) in [6.45, 7) is 3.12. The normalized spacial score (nSPS) is 20.3. The molecule has 2 aliphatic rings. The van der Waals surface area contributed by atoms with Gasteiger partial charge in [-0.05, 0) is 17.7 Å². The van der Waals surface area contributed by atoms with Crippen molar-refractivity contribution < 1.29 is 13.9 Å². The molecule has 0 aliphatic carbocycles. The first-order valence-corrected chi connectivity index (χ1v) is 8.64. The predicted octanol–water partition coefficient (Wildman–Crippen LogP) is 2.61. The Morgan fingerprint density at radius 1 is 1.09 bits per heavy atom. The highest BCUT2D eigenvalue weighted by Gasteiger charge is 2.40. The Morgan fingerprint density at radius 2 is 1.78 bits per heavy atom. The van der Waals surface area contributed by atoms with E-state index in [-0.39, 0.29) is 11.6 Å². The highest BCUT2D eigenvalue weighted by molar-refractivity contribution is 7.15. The van der Waals surface area contributed by atoms with Crippen molar-refractivity contribution in [2.75, 3.05) is 31.2 Å². The van der Waals surface area contributed by atoms with Gasteiger partial charge in [-0.1, -0.05) is 23.5 Å². The molecular weight excluding hydrogens is 317 g/mol. The van der Waals surface area contributed by atoms with Gasteiger partial charge in [0.1, 0.15) is 10.8 Å². The van der Waals surface area contributed by atoms with Crippen LogP contribution in [0.5, 0.6) is 0 Å². The number of nitrogens with zero attached hydrogens (tertiary/aromatic N) is 3. The molecule has 2 aromatic rings. The molecule has 0 atom stereocenters.